The lowest BCUT2D eigenvalue weighted by Gasteiger charge is -2.18. The van der Waals surface area contributed by atoms with Crippen LogP contribution in [0.2, 0.25) is 0 Å². The maximum absolute atomic E-state index is 12.9. The Kier molecular flexibility index (Phi) is 2.67. The fraction of sp³-hybridized carbons (Fsp3) is 0.412. The van der Waals surface area contributed by atoms with Gasteiger partial charge in [0.2, 0.25) is 0 Å². The Morgan fingerprint density at radius 3 is 2.81 bits per heavy atom. The van der Waals surface area contributed by atoms with Gasteiger partial charge in [0.15, 0.2) is 0 Å². The van der Waals surface area contributed by atoms with Crippen molar-refractivity contribution in [3.05, 3.63) is 52.6 Å². The van der Waals surface area contributed by atoms with Crippen molar-refractivity contribution < 1.29 is 0 Å². The molecule has 21 heavy (non-hydrogen) atoms. The van der Waals surface area contributed by atoms with Gasteiger partial charge in [0.1, 0.15) is 5.82 Å². The summed E-state index contributed by atoms with van der Waals surface area (Å²) in [7, 11) is 0. The number of hydrogen-bond donors (Lipinski definition) is 0. The van der Waals surface area contributed by atoms with E-state index in [4.69, 9.17) is 4.98 Å². The minimum atomic E-state index is 0.0621. The largest absolute Gasteiger partial charge is 0.294 e. The zero-order valence-corrected chi connectivity index (χ0v) is 12.4. The van der Waals surface area contributed by atoms with Gasteiger partial charge in [-0.3, -0.25) is 9.80 Å². The third-order valence-corrected chi connectivity index (χ3v) is 4.44. The van der Waals surface area contributed by atoms with Crippen molar-refractivity contribution >= 4 is 10.9 Å². The van der Waals surface area contributed by atoms with Gasteiger partial charge in [-0.1, -0.05) is 38.1 Å². The monoisotopic (exact) mass is 281 g/mol. The normalized spacial score (nSPS) is 23.7. The third kappa shape index (κ3) is 1.82. The van der Waals surface area contributed by atoms with Crippen LogP contribution in [0.4, 0.5) is 0 Å². The number of aromatic nitrogens is 2. The summed E-state index contributed by atoms with van der Waals surface area (Å²) in [6.45, 7) is 4.19. The fourth-order valence-electron chi connectivity index (χ4n) is 3.33. The third-order valence-electron chi connectivity index (χ3n) is 4.44. The van der Waals surface area contributed by atoms with E-state index in [-0.39, 0.29) is 11.5 Å². The minimum absolute atomic E-state index is 0.0621. The number of rotatable bonds is 2. The molecule has 0 N–H and O–H groups in total. The molecule has 0 amide bonds. The number of para-hydroxylation sites is 1. The Morgan fingerprint density at radius 2 is 2.10 bits per heavy atom. The predicted molar refractivity (Wildman–Crippen MR) is 84.3 cm³/mol. The molecule has 1 aromatic heterocycles. The Labute approximate surface area is 123 Å². The van der Waals surface area contributed by atoms with Gasteiger partial charge in [-0.2, -0.15) is 0 Å². The first-order valence-corrected chi connectivity index (χ1v) is 7.65. The van der Waals surface area contributed by atoms with E-state index < -0.39 is 0 Å². The molecule has 0 bridgehead atoms. The van der Waals surface area contributed by atoms with Crippen molar-refractivity contribution in [1.29, 1.82) is 0 Å². The molecule has 0 saturated carbocycles. The Balaban J connectivity index is 1.95. The van der Waals surface area contributed by atoms with Crippen LogP contribution in [-0.4, -0.2) is 21.7 Å². The van der Waals surface area contributed by atoms with E-state index in [9.17, 15) is 4.79 Å². The number of fused-ring (bicyclic) bond motifs is 2. The summed E-state index contributed by atoms with van der Waals surface area (Å²) >= 11 is 0. The van der Waals surface area contributed by atoms with Gasteiger partial charge in [-0.25, -0.2) is 9.66 Å². The average molecular weight is 281 g/mol. The Bertz CT molecular complexity index is 790. The first-order valence-electron chi connectivity index (χ1n) is 7.65. The number of nitrogens with zero attached hydrogens (tertiary/aromatic N) is 3. The van der Waals surface area contributed by atoms with Crippen LogP contribution in [0.3, 0.4) is 0 Å². The number of hydrogen-bond acceptors (Lipinski definition) is 3. The summed E-state index contributed by atoms with van der Waals surface area (Å²) in [6.07, 6.45) is 6.66. The molecule has 1 aliphatic carbocycles. The molecule has 4 nitrogen and oxygen atoms in total. The van der Waals surface area contributed by atoms with E-state index in [2.05, 4.69) is 31.0 Å². The van der Waals surface area contributed by atoms with Crippen LogP contribution in [0.15, 0.2) is 41.2 Å². The molecule has 0 spiro atoms. The first kappa shape index (κ1) is 12.6. The quantitative estimate of drug-likeness (QED) is 0.627. The molecule has 2 heterocycles. The molecule has 0 radical (unpaired) electrons. The summed E-state index contributed by atoms with van der Waals surface area (Å²) in [4.78, 5) is 17.7. The molecule has 1 saturated heterocycles. The SMILES string of the molecule is CC(C)c1nc2ccccc2c(=O)n1N1[C@@H]2CCC=C[C@@H]21. The van der Waals surface area contributed by atoms with Crippen LogP contribution in [-0.2, 0) is 0 Å². The van der Waals surface area contributed by atoms with Gasteiger partial charge >= 0.3 is 0 Å². The van der Waals surface area contributed by atoms with E-state index in [1.165, 1.54) is 0 Å². The maximum Gasteiger partial charge on any atom is 0.280 e. The van der Waals surface area contributed by atoms with E-state index in [0.29, 0.717) is 17.5 Å². The summed E-state index contributed by atoms with van der Waals surface area (Å²) in [5.74, 6) is 1.08. The molecule has 0 unspecified atom stereocenters. The second-order valence-corrected chi connectivity index (χ2v) is 6.20. The molecule has 4 heteroatoms. The van der Waals surface area contributed by atoms with Gasteiger partial charge in [-0.05, 0) is 25.0 Å². The van der Waals surface area contributed by atoms with Crippen molar-refractivity contribution in [2.24, 2.45) is 0 Å². The van der Waals surface area contributed by atoms with Gasteiger partial charge in [0.25, 0.3) is 5.56 Å². The molecular formula is C17H19N3O. The molecule has 1 fully saturated rings. The zero-order chi connectivity index (χ0) is 14.6. The molecular weight excluding hydrogens is 262 g/mol. The van der Waals surface area contributed by atoms with Crippen molar-refractivity contribution in [2.75, 3.05) is 5.01 Å². The highest BCUT2D eigenvalue weighted by atomic mass is 16.1. The molecule has 2 aromatic rings. The lowest BCUT2D eigenvalue weighted by Crippen LogP contribution is -2.35. The summed E-state index contributed by atoms with van der Waals surface area (Å²) in [5, 5.41) is 2.90. The second-order valence-electron chi connectivity index (χ2n) is 6.20. The Morgan fingerprint density at radius 1 is 1.29 bits per heavy atom. The molecule has 4 rings (SSSR count). The van der Waals surface area contributed by atoms with Gasteiger partial charge < -0.3 is 0 Å². The van der Waals surface area contributed by atoms with Gasteiger partial charge in [0, 0.05) is 5.92 Å². The summed E-state index contributed by atoms with van der Waals surface area (Å²) < 4.78 is 1.83. The van der Waals surface area contributed by atoms with Crippen molar-refractivity contribution in [3.63, 3.8) is 0 Å². The molecule has 2 atom stereocenters. The van der Waals surface area contributed by atoms with Crippen molar-refractivity contribution in [1.82, 2.24) is 9.66 Å². The van der Waals surface area contributed by atoms with Gasteiger partial charge in [-0.15, -0.1) is 0 Å². The van der Waals surface area contributed by atoms with Crippen molar-refractivity contribution in [3.8, 4) is 0 Å². The predicted octanol–water partition coefficient (Wildman–Crippen LogP) is 2.56. The van der Waals surface area contributed by atoms with Crippen molar-refractivity contribution in [2.45, 2.75) is 44.7 Å². The Hall–Kier alpha value is -2.10. The highest BCUT2D eigenvalue weighted by Crippen LogP contribution is 2.35. The van der Waals surface area contributed by atoms with Crippen LogP contribution < -0.4 is 10.6 Å². The molecule has 2 aliphatic rings. The maximum atomic E-state index is 12.9. The highest BCUT2D eigenvalue weighted by molar-refractivity contribution is 5.77. The standard InChI is InChI=1S/C17H19N3O/c1-11(2)16-18-13-8-4-3-7-12(13)17(21)20(16)19-14-9-5-6-10-15(14)19/h3-5,7-9,11,14-15H,6,10H2,1-2H3/t14-,15+,19?/m0/s1. The lowest BCUT2D eigenvalue weighted by molar-refractivity contribution is 0.625. The van der Waals surface area contributed by atoms with E-state index in [0.717, 1.165) is 24.2 Å². The average Bonchev–Trinajstić information content (AvgIpc) is 3.21. The van der Waals surface area contributed by atoms with Crippen LogP contribution in [0, 0.1) is 0 Å². The van der Waals surface area contributed by atoms with Crippen LogP contribution >= 0.6 is 0 Å². The molecule has 1 aromatic carbocycles. The smallest absolute Gasteiger partial charge is 0.280 e. The highest BCUT2D eigenvalue weighted by Gasteiger charge is 2.48. The lowest BCUT2D eigenvalue weighted by atomic mass is 10.1. The van der Waals surface area contributed by atoms with Crippen LogP contribution in [0.1, 0.15) is 38.4 Å². The van der Waals surface area contributed by atoms with E-state index in [1.807, 2.05) is 28.9 Å². The first-order chi connectivity index (χ1) is 10.2. The second kappa shape index (κ2) is 4.45. The van der Waals surface area contributed by atoms with E-state index in [1.54, 1.807) is 0 Å². The zero-order valence-electron chi connectivity index (χ0n) is 12.4. The molecule has 108 valence electrons. The summed E-state index contributed by atoms with van der Waals surface area (Å²) in [6, 6.07) is 8.46. The number of benzene rings is 1. The van der Waals surface area contributed by atoms with Crippen LogP contribution in [0.5, 0.6) is 0 Å². The summed E-state index contributed by atoms with van der Waals surface area (Å²) in [5.41, 5.74) is 0.856. The minimum Gasteiger partial charge on any atom is -0.294 e. The number of allylic oxidation sites excluding steroid dienone is 1. The van der Waals surface area contributed by atoms with E-state index >= 15 is 0 Å². The van der Waals surface area contributed by atoms with Crippen LogP contribution in [0.25, 0.3) is 10.9 Å². The van der Waals surface area contributed by atoms with Gasteiger partial charge in [0.05, 0.1) is 23.0 Å². The topological polar surface area (TPSA) is 37.9 Å². The molecule has 1 aliphatic heterocycles. The fourth-order valence-corrected chi connectivity index (χ4v) is 3.33.